The monoisotopic (exact) mass is 292 g/mol. The van der Waals surface area contributed by atoms with Crippen molar-refractivity contribution in [3.8, 4) is 0 Å². The van der Waals surface area contributed by atoms with E-state index in [-0.39, 0.29) is 11.4 Å². The van der Waals surface area contributed by atoms with Crippen LogP contribution in [-0.2, 0) is 6.54 Å². The van der Waals surface area contributed by atoms with E-state index < -0.39 is 0 Å². The first-order valence-electron chi connectivity index (χ1n) is 8.27. The average Bonchev–Trinajstić information content (AvgIpc) is 2.50. The first-order chi connectivity index (χ1) is 10.0. The molecule has 3 heteroatoms. The van der Waals surface area contributed by atoms with Crippen molar-refractivity contribution in [2.24, 2.45) is 0 Å². The third-order valence-corrected chi connectivity index (χ3v) is 5.24. The Morgan fingerprint density at radius 2 is 2.00 bits per heavy atom. The average molecular weight is 292 g/mol. The molecule has 1 saturated heterocycles. The van der Waals surface area contributed by atoms with Crippen LogP contribution in [0.15, 0.2) is 18.2 Å². The normalized spacial score (nSPS) is 22.4. The Kier molecular flexibility index (Phi) is 5.39. The van der Waals surface area contributed by atoms with E-state index in [0.29, 0.717) is 6.04 Å². The van der Waals surface area contributed by atoms with Crippen molar-refractivity contribution in [1.29, 1.82) is 0 Å². The lowest BCUT2D eigenvalue weighted by molar-refractivity contribution is 0.0642. The molecule has 1 atom stereocenters. The number of piperazine rings is 1. The number of rotatable bonds is 5. The van der Waals surface area contributed by atoms with Crippen LogP contribution in [0.4, 0.5) is 4.39 Å². The second-order valence-corrected chi connectivity index (χ2v) is 6.41. The molecule has 1 aromatic rings. The number of hydrogen-bond donors (Lipinski definition) is 1. The van der Waals surface area contributed by atoms with Gasteiger partial charge in [0.05, 0.1) is 0 Å². The summed E-state index contributed by atoms with van der Waals surface area (Å²) in [4.78, 5) is 2.59. The molecule has 118 valence electrons. The molecule has 2 nitrogen and oxygen atoms in total. The Hall–Kier alpha value is -0.930. The highest BCUT2D eigenvalue weighted by atomic mass is 19.1. The molecule has 1 N–H and O–H groups in total. The van der Waals surface area contributed by atoms with Crippen molar-refractivity contribution >= 4 is 0 Å². The molecule has 0 saturated carbocycles. The molecule has 2 rings (SSSR count). The predicted molar refractivity (Wildman–Crippen MR) is 86.9 cm³/mol. The second kappa shape index (κ2) is 6.89. The Labute approximate surface area is 128 Å². The van der Waals surface area contributed by atoms with E-state index in [0.717, 1.165) is 44.5 Å². The highest BCUT2D eigenvalue weighted by molar-refractivity contribution is 5.26. The second-order valence-electron chi connectivity index (χ2n) is 6.41. The van der Waals surface area contributed by atoms with Gasteiger partial charge in [-0.3, -0.25) is 4.90 Å². The number of benzene rings is 1. The number of nitrogens with one attached hydrogen (secondary N) is 1. The third-order valence-electron chi connectivity index (χ3n) is 5.24. The summed E-state index contributed by atoms with van der Waals surface area (Å²) in [5, 5.41) is 3.77. The summed E-state index contributed by atoms with van der Waals surface area (Å²) < 4.78 is 13.3. The standard InChI is InChI=1S/C18H29FN2/c1-5-17-11-20-18(6-2,7-3)13-21(17)12-15-8-9-16(19)10-14(15)4/h8-10,17,20H,5-7,11-13H2,1-4H3. The molecular formula is C18H29FN2. The van der Waals surface area contributed by atoms with Gasteiger partial charge in [-0.2, -0.15) is 0 Å². The van der Waals surface area contributed by atoms with Gasteiger partial charge in [0.25, 0.3) is 0 Å². The summed E-state index contributed by atoms with van der Waals surface area (Å²) in [7, 11) is 0. The molecule has 1 unspecified atom stereocenters. The quantitative estimate of drug-likeness (QED) is 0.886. The first kappa shape index (κ1) is 16.4. The van der Waals surface area contributed by atoms with Gasteiger partial charge in [-0.15, -0.1) is 0 Å². The van der Waals surface area contributed by atoms with E-state index in [4.69, 9.17) is 0 Å². The molecule has 0 aromatic heterocycles. The summed E-state index contributed by atoms with van der Waals surface area (Å²) in [6.45, 7) is 11.9. The van der Waals surface area contributed by atoms with Gasteiger partial charge in [-0.1, -0.05) is 26.8 Å². The van der Waals surface area contributed by atoms with Crippen molar-refractivity contribution in [3.05, 3.63) is 35.1 Å². The number of halogens is 1. The SMILES string of the molecule is CCC1CNC(CC)(CC)CN1Cc1ccc(F)cc1C. The van der Waals surface area contributed by atoms with Crippen LogP contribution < -0.4 is 5.32 Å². The molecule has 1 aliphatic heterocycles. The molecule has 1 fully saturated rings. The number of aryl methyl sites for hydroxylation is 1. The molecule has 21 heavy (non-hydrogen) atoms. The minimum Gasteiger partial charge on any atom is -0.308 e. The van der Waals surface area contributed by atoms with Crippen LogP contribution in [0.25, 0.3) is 0 Å². The van der Waals surface area contributed by atoms with Crippen LogP contribution in [0.3, 0.4) is 0 Å². The third kappa shape index (κ3) is 3.64. The van der Waals surface area contributed by atoms with Crippen LogP contribution in [0.5, 0.6) is 0 Å². The van der Waals surface area contributed by atoms with Gasteiger partial charge in [-0.25, -0.2) is 4.39 Å². The van der Waals surface area contributed by atoms with Crippen molar-refractivity contribution in [2.45, 2.75) is 65.1 Å². The van der Waals surface area contributed by atoms with E-state index in [1.54, 1.807) is 12.1 Å². The Morgan fingerprint density at radius 1 is 1.29 bits per heavy atom. The topological polar surface area (TPSA) is 15.3 Å². The summed E-state index contributed by atoms with van der Waals surface area (Å²) in [6.07, 6.45) is 3.45. The van der Waals surface area contributed by atoms with Gasteiger partial charge in [0.2, 0.25) is 0 Å². The van der Waals surface area contributed by atoms with Gasteiger partial charge in [0, 0.05) is 31.2 Å². The maximum absolute atomic E-state index is 13.3. The van der Waals surface area contributed by atoms with Crippen LogP contribution in [0.1, 0.15) is 51.2 Å². The fraction of sp³-hybridized carbons (Fsp3) is 0.667. The molecule has 0 spiro atoms. The zero-order valence-corrected chi connectivity index (χ0v) is 13.9. The molecule has 1 heterocycles. The lowest BCUT2D eigenvalue weighted by Crippen LogP contribution is -2.63. The van der Waals surface area contributed by atoms with Crippen LogP contribution >= 0.6 is 0 Å². The van der Waals surface area contributed by atoms with Crippen molar-refractivity contribution in [3.63, 3.8) is 0 Å². The smallest absolute Gasteiger partial charge is 0.123 e. The highest BCUT2D eigenvalue weighted by Gasteiger charge is 2.35. The van der Waals surface area contributed by atoms with Crippen molar-refractivity contribution in [2.75, 3.05) is 13.1 Å². The van der Waals surface area contributed by atoms with Crippen molar-refractivity contribution < 1.29 is 4.39 Å². The van der Waals surface area contributed by atoms with Gasteiger partial charge in [0.15, 0.2) is 0 Å². The molecule has 0 radical (unpaired) electrons. The summed E-state index contributed by atoms with van der Waals surface area (Å²) in [5.74, 6) is -0.139. The Morgan fingerprint density at radius 3 is 2.57 bits per heavy atom. The van der Waals surface area contributed by atoms with Gasteiger partial charge < -0.3 is 5.32 Å². The lowest BCUT2D eigenvalue weighted by atomic mass is 9.87. The summed E-state index contributed by atoms with van der Waals surface area (Å²) in [5.41, 5.74) is 2.54. The van der Waals surface area contributed by atoms with E-state index in [2.05, 4.69) is 31.0 Å². The first-order valence-corrected chi connectivity index (χ1v) is 8.27. The minimum absolute atomic E-state index is 0.139. The van der Waals surface area contributed by atoms with Crippen LogP contribution in [0, 0.1) is 12.7 Å². The fourth-order valence-electron chi connectivity index (χ4n) is 3.40. The summed E-state index contributed by atoms with van der Waals surface area (Å²) in [6, 6.07) is 5.74. The van der Waals surface area contributed by atoms with Gasteiger partial charge >= 0.3 is 0 Å². The fourth-order valence-corrected chi connectivity index (χ4v) is 3.40. The zero-order chi connectivity index (χ0) is 15.5. The van der Waals surface area contributed by atoms with E-state index >= 15 is 0 Å². The van der Waals surface area contributed by atoms with E-state index in [1.807, 2.05) is 13.0 Å². The minimum atomic E-state index is -0.139. The maximum atomic E-state index is 13.3. The summed E-state index contributed by atoms with van der Waals surface area (Å²) >= 11 is 0. The molecule has 0 amide bonds. The molecule has 0 bridgehead atoms. The predicted octanol–water partition coefficient (Wildman–Crippen LogP) is 3.88. The van der Waals surface area contributed by atoms with Crippen LogP contribution in [0.2, 0.25) is 0 Å². The van der Waals surface area contributed by atoms with Crippen LogP contribution in [-0.4, -0.2) is 29.6 Å². The van der Waals surface area contributed by atoms with E-state index in [1.165, 1.54) is 5.56 Å². The molecule has 0 aliphatic carbocycles. The maximum Gasteiger partial charge on any atom is 0.123 e. The number of hydrogen-bond acceptors (Lipinski definition) is 2. The van der Waals surface area contributed by atoms with Gasteiger partial charge in [-0.05, 0) is 49.4 Å². The molecule has 1 aromatic carbocycles. The number of nitrogens with zero attached hydrogens (tertiary/aromatic N) is 1. The largest absolute Gasteiger partial charge is 0.308 e. The van der Waals surface area contributed by atoms with E-state index in [9.17, 15) is 4.39 Å². The Balaban J connectivity index is 2.17. The molecule has 1 aliphatic rings. The Bertz CT molecular complexity index is 468. The van der Waals surface area contributed by atoms with Gasteiger partial charge in [0.1, 0.15) is 5.82 Å². The zero-order valence-electron chi connectivity index (χ0n) is 13.9. The van der Waals surface area contributed by atoms with Crippen molar-refractivity contribution in [1.82, 2.24) is 10.2 Å². The molecular weight excluding hydrogens is 263 g/mol. The highest BCUT2D eigenvalue weighted by Crippen LogP contribution is 2.26. The lowest BCUT2D eigenvalue weighted by Gasteiger charge is -2.47.